The van der Waals surface area contributed by atoms with Crippen molar-refractivity contribution in [1.82, 2.24) is 0 Å². The number of nitrogens with zero attached hydrogens (tertiary/aromatic N) is 1. The Hall–Kier alpha value is -3.52. The molecular weight excluding hydrogens is 352 g/mol. The summed E-state index contributed by atoms with van der Waals surface area (Å²) in [5.41, 5.74) is 3.20. The van der Waals surface area contributed by atoms with Crippen LogP contribution in [0.3, 0.4) is 0 Å². The molecule has 1 amide bonds. The van der Waals surface area contributed by atoms with E-state index in [4.69, 9.17) is 9.15 Å². The van der Waals surface area contributed by atoms with Gasteiger partial charge in [-0.3, -0.25) is 10.1 Å². The Morgan fingerprint density at radius 2 is 1.93 bits per heavy atom. The van der Waals surface area contributed by atoms with Gasteiger partial charge in [-0.05, 0) is 30.0 Å². The van der Waals surface area contributed by atoms with Gasteiger partial charge in [-0.2, -0.15) is 5.26 Å². The van der Waals surface area contributed by atoms with Crippen LogP contribution in [-0.2, 0) is 4.79 Å². The normalized spacial score (nSPS) is 10.5. The van der Waals surface area contributed by atoms with Crippen molar-refractivity contribution >= 4 is 11.8 Å². The van der Waals surface area contributed by atoms with Crippen molar-refractivity contribution in [2.24, 2.45) is 0 Å². The van der Waals surface area contributed by atoms with E-state index in [0.717, 1.165) is 16.7 Å². The molecular formula is C23H22N2O3. The Balaban J connectivity index is 1.72. The number of furan rings is 1. The average Bonchev–Trinajstić information content (AvgIpc) is 3.09. The molecule has 0 saturated carbocycles. The number of ether oxygens (including phenoxy) is 1. The molecule has 0 bridgehead atoms. The first-order valence-corrected chi connectivity index (χ1v) is 9.10. The first kappa shape index (κ1) is 19.2. The summed E-state index contributed by atoms with van der Waals surface area (Å²) in [6, 6.07) is 19.0. The first-order chi connectivity index (χ1) is 13.5. The Morgan fingerprint density at radius 3 is 2.61 bits per heavy atom. The fourth-order valence-electron chi connectivity index (χ4n) is 2.86. The summed E-state index contributed by atoms with van der Waals surface area (Å²) in [5, 5.41) is 12.0. The number of anilines is 1. The molecule has 1 aromatic heterocycles. The number of carbonyl (C=O) groups is 1. The van der Waals surface area contributed by atoms with Crippen molar-refractivity contribution in [3.05, 3.63) is 71.3 Å². The molecule has 0 aliphatic rings. The fourth-order valence-corrected chi connectivity index (χ4v) is 2.86. The number of nitrogens with one attached hydrogen (secondary N) is 1. The second-order valence-corrected chi connectivity index (χ2v) is 6.86. The summed E-state index contributed by atoms with van der Waals surface area (Å²) < 4.78 is 11.4. The summed E-state index contributed by atoms with van der Waals surface area (Å²) in [6.45, 7) is 5.95. The second-order valence-electron chi connectivity index (χ2n) is 6.86. The van der Waals surface area contributed by atoms with Crippen molar-refractivity contribution in [2.75, 3.05) is 11.9 Å². The van der Waals surface area contributed by atoms with Crippen LogP contribution in [-0.4, -0.2) is 12.5 Å². The number of benzene rings is 2. The van der Waals surface area contributed by atoms with Crippen LogP contribution in [0, 0.1) is 18.3 Å². The molecule has 1 N–H and O–H groups in total. The van der Waals surface area contributed by atoms with Crippen LogP contribution in [0.25, 0.3) is 11.3 Å². The number of amides is 1. The van der Waals surface area contributed by atoms with Crippen molar-refractivity contribution in [2.45, 2.75) is 26.7 Å². The smallest absolute Gasteiger partial charge is 0.264 e. The van der Waals surface area contributed by atoms with Crippen LogP contribution in [0.2, 0.25) is 0 Å². The highest BCUT2D eigenvalue weighted by molar-refractivity contribution is 5.92. The van der Waals surface area contributed by atoms with E-state index in [2.05, 4.69) is 19.2 Å². The van der Waals surface area contributed by atoms with Gasteiger partial charge < -0.3 is 9.15 Å². The van der Waals surface area contributed by atoms with E-state index in [1.165, 1.54) is 0 Å². The maximum atomic E-state index is 12.4. The summed E-state index contributed by atoms with van der Waals surface area (Å²) in [7, 11) is 0. The van der Waals surface area contributed by atoms with Gasteiger partial charge in [0.25, 0.3) is 5.91 Å². The minimum Gasteiger partial charge on any atom is -0.483 e. The zero-order chi connectivity index (χ0) is 20.1. The maximum Gasteiger partial charge on any atom is 0.264 e. The highest BCUT2D eigenvalue weighted by atomic mass is 16.5. The average molecular weight is 374 g/mol. The Morgan fingerprint density at radius 1 is 1.18 bits per heavy atom. The predicted octanol–water partition coefficient (Wildman–Crippen LogP) is 5.27. The minimum atomic E-state index is -0.387. The third-order valence-electron chi connectivity index (χ3n) is 4.31. The van der Waals surface area contributed by atoms with Crippen LogP contribution < -0.4 is 10.1 Å². The lowest BCUT2D eigenvalue weighted by atomic mass is 10.0. The van der Waals surface area contributed by atoms with Crippen LogP contribution in [0.1, 0.15) is 36.5 Å². The number of hydrogen-bond acceptors (Lipinski definition) is 4. The quantitative estimate of drug-likeness (QED) is 0.638. The highest BCUT2D eigenvalue weighted by Crippen LogP contribution is 2.29. The van der Waals surface area contributed by atoms with Gasteiger partial charge in [0.2, 0.25) is 5.88 Å². The fraction of sp³-hybridized carbons (Fsp3) is 0.217. The van der Waals surface area contributed by atoms with E-state index < -0.39 is 0 Å². The molecule has 5 heteroatoms. The predicted molar refractivity (Wildman–Crippen MR) is 108 cm³/mol. The molecule has 0 aliphatic carbocycles. The molecule has 3 rings (SSSR count). The van der Waals surface area contributed by atoms with Gasteiger partial charge in [-0.15, -0.1) is 0 Å². The molecule has 5 nitrogen and oxygen atoms in total. The molecule has 0 saturated heterocycles. The van der Waals surface area contributed by atoms with E-state index >= 15 is 0 Å². The third kappa shape index (κ3) is 4.41. The molecule has 3 aromatic rings. The Bertz CT molecular complexity index is 1010. The highest BCUT2D eigenvalue weighted by Gasteiger charge is 2.16. The summed E-state index contributed by atoms with van der Waals surface area (Å²) in [4.78, 5) is 12.4. The largest absolute Gasteiger partial charge is 0.483 e. The molecule has 2 aromatic carbocycles. The number of nitriles is 1. The maximum absolute atomic E-state index is 12.4. The molecule has 0 unspecified atom stereocenters. The van der Waals surface area contributed by atoms with Crippen LogP contribution in [0.5, 0.6) is 5.75 Å². The molecule has 0 atom stereocenters. The van der Waals surface area contributed by atoms with Crippen molar-refractivity contribution in [3.8, 4) is 23.1 Å². The van der Waals surface area contributed by atoms with E-state index in [1.54, 1.807) is 6.07 Å². The number of rotatable bonds is 6. The number of hydrogen-bond donors (Lipinski definition) is 1. The van der Waals surface area contributed by atoms with Gasteiger partial charge >= 0.3 is 0 Å². The minimum absolute atomic E-state index is 0.128. The lowest BCUT2D eigenvalue weighted by Crippen LogP contribution is -2.20. The molecule has 0 spiro atoms. The van der Waals surface area contributed by atoms with E-state index in [1.807, 2.05) is 61.5 Å². The SMILES string of the molecule is Cc1ccc(C(C)C)c(OCC(=O)Nc2oc(-c3ccccc3)cc2C#N)c1. The molecule has 0 aliphatic heterocycles. The Labute approximate surface area is 164 Å². The summed E-state index contributed by atoms with van der Waals surface area (Å²) in [6.07, 6.45) is 0. The van der Waals surface area contributed by atoms with Crippen molar-refractivity contribution < 1.29 is 13.9 Å². The lowest BCUT2D eigenvalue weighted by Gasteiger charge is -2.14. The monoisotopic (exact) mass is 374 g/mol. The van der Waals surface area contributed by atoms with Crippen LogP contribution in [0.4, 0.5) is 5.88 Å². The van der Waals surface area contributed by atoms with Gasteiger partial charge in [0.15, 0.2) is 6.61 Å². The van der Waals surface area contributed by atoms with E-state index in [0.29, 0.717) is 11.5 Å². The van der Waals surface area contributed by atoms with Gasteiger partial charge in [0, 0.05) is 11.6 Å². The molecule has 0 radical (unpaired) electrons. The number of aryl methyl sites for hydroxylation is 1. The van der Waals surface area contributed by atoms with Gasteiger partial charge in [-0.25, -0.2) is 0 Å². The molecule has 28 heavy (non-hydrogen) atoms. The summed E-state index contributed by atoms with van der Waals surface area (Å²) in [5.74, 6) is 1.23. The lowest BCUT2D eigenvalue weighted by molar-refractivity contribution is -0.118. The first-order valence-electron chi connectivity index (χ1n) is 9.10. The van der Waals surface area contributed by atoms with Crippen molar-refractivity contribution in [1.29, 1.82) is 5.26 Å². The third-order valence-corrected chi connectivity index (χ3v) is 4.31. The second kappa shape index (κ2) is 8.45. The van der Waals surface area contributed by atoms with Gasteiger partial charge in [0.05, 0.1) is 0 Å². The van der Waals surface area contributed by atoms with Gasteiger partial charge in [0.1, 0.15) is 23.1 Å². The zero-order valence-corrected chi connectivity index (χ0v) is 16.2. The summed E-state index contributed by atoms with van der Waals surface area (Å²) >= 11 is 0. The van der Waals surface area contributed by atoms with Crippen LogP contribution >= 0.6 is 0 Å². The molecule has 0 fully saturated rings. The topological polar surface area (TPSA) is 75.3 Å². The standard InChI is InChI=1S/C23H22N2O3/c1-15(2)19-10-9-16(3)11-21(19)27-14-22(26)25-23-18(13-24)12-20(28-23)17-7-5-4-6-8-17/h4-12,15H,14H2,1-3H3,(H,25,26). The Kier molecular flexibility index (Phi) is 5.81. The molecule has 142 valence electrons. The van der Waals surface area contributed by atoms with E-state index in [9.17, 15) is 10.1 Å². The van der Waals surface area contributed by atoms with Crippen LogP contribution in [0.15, 0.2) is 59.0 Å². The zero-order valence-electron chi connectivity index (χ0n) is 16.2. The number of carbonyl (C=O) groups excluding carboxylic acids is 1. The van der Waals surface area contributed by atoms with E-state index in [-0.39, 0.29) is 29.9 Å². The van der Waals surface area contributed by atoms with Crippen molar-refractivity contribution in [3.63, 3.8) is 0 Å². The molecule has 1 heterocycles. The van der Waals surface area contributed by atoms with Gasteiger partial charge in [-0.1, -0.05) is 56.3 Å².